The van der Waals surface area contributed by atoms with Crippen LogP contribution in [0, 0.1) is 0 Å². The van der Waals surface area contributed by atoms with Crippen LogP contribution in [0.15, 0.2) is 204 Å². The number of rotatable bonds is 5. The van der Waals surface area contributed by atoms with Crippen molar-refractivity contribution in [1.29, 1.82) is 0 Å². The van der Waals surface area contributed by atoms with Crippen LogP contribution in [0.1, 0.15) is 22.9 Å². The highest BCUT2D eigenvalue weighted by Gasteiger charge is 2.24. The van der Waals surface area contributed by atoms with E-state index in [1.807, 2.05) is 23.5 Å². The molecule has 2 aromatic heterocycles. The average Bonchev–Trinajstić information content (AvgIpc) is 3.83. The minimum Gasteiger partial charge on any atom is -0.344 e. The third-order valence-electron chi connectivity index (χ3n) is 11.6. The Labute approximate surface area is 338 Å². The Morgan fingerprint density at radius 2 is 1.16 bits per heavy atom. The predicted molar refractivity (Wildman–Crippen MR) is 246 cm³/mol. The fraction of sp³-hybridized carbons (Fsp3) is 0.0189. The van der Waals surface area contributed by atoms with Crippen molar-refractivity contribution in [3.63, 3.8) is 0 Å². The standard InChI is InChI=1S/C53H34N4S/c1-3-14-34(15-4-1)51-54-52(35-16-5-2-6-17-35)56-53(55-51)39-24-26-45(42(31-39)38-25-28-49-43(30-38)41-21-11-12-22-48(41)58-49)57-46-27-23-33-13-9-10-20-40(33)50(46)44-29-36-18-7-8-19-37(36)32-47(44)57/h1-32,51H,(H,54,55,56). The van der Waals surface area contributed by atoms with E-state index < -0.39 is 0 Å². The van der Waals surface area contributed by atoms with Gasteiger partial charge in [0, 0.05) is 47.6 Å². The molecule has 0 fully saturated rings. The molecule has 272 valence electrons. The molecule has 58 heavy (non-hydrogen) atoms. The molecule has 0 spiro atoms. The van der Waals surface area contributed by atoms with Crippen molar-refractivity contribution in [1.82, 2.24) is 9.88 Å². The third kappa shape index (κ3) is 5.28. The number of nitrogens with zero attached hydrogens (tertiary/aromatic N) is 3. The second-order valence-corrected chi connectivity index (χ2v) is 16.1. The molecule has 0 saturated heterocycles. The van der Waals surface area contributed by atoms with Crippen molar-refractivity contribution in [2.75, 3.05) is 0 Å². The van der Waals surface area contributed by atoms with E-state index in [0.29, 0.717) is 5.84 Å². The topological polar surface area (TPSA) is 41.7 Å². The van der Waals surface area contributed by atoms with Gasteiger partial charge in [-0.3, -0.25) is 0 Å². The van der Waals surface area contributed by atoms with E-state index in [9.17, 15) is 0 Å². The van der Waals surface area contributed by atoms with Gasteiger partial charge < -0.3 is 9.88 Å². The maximum Gasteiger partial charge on any atom is 0.159 e. The first kappa shape index (κ1) is 32.9. The van der Waals surface area contributed by atoms with Crippen molar-refractivity contribution in [3.05, 3.63) is 211 Å². The highest BCUT2D eigenvalue weighted by atomic mass is 32.1. The number of hydrogen-bond acceptors (Lipinski definition) is 4. The van der Waals surface area contributed by atoms with Gasteiger partial charge in [-0.1, -0.05) is 140 Å². The van der Waals surface area contributed by atoms with Crippen LogP contribution in [-0.4, -0.2) is 16.2 Å². The molecule has 11 aromatic rings. The van der Waals surface area contributed by atoms with Gasteiger partial charge in [-0.05, 0) is 87.3 Å². The molecule has 9 aromatic carbocycles. The molecule has 3 heterocycles. The van der Waals surface area contributed by atoms with Crippen LogP contribution < -0.4 is 5.32 Å². The lowest BCUT2D eigenvalue weighted by Crippen LogP contribution is -2.33. The Hall–Kier alpha value is -7.34. The van der Waals surface area contributed by atoms with Gasteiger partial charge in [0.1, 0.15) is 12.0 Å². The summed E-state index contributed by atoms with van der Waals surface area (Å²) in [7, 11) is 0. The summed E-state index contributed by atoms with van der Waals surface area (Å²) in [4.78, 5) is 10.5. The van der Waals surface area contributed by atoms with E-state index >= 15 is 0 Å². The average molecular weight is 759 g/mol. The molecular weight excluding hydrogens is 725 g/mol. The smallest absolute Gasteiger partial charge is 0.159 e. The van der Waals surface area contributed by atoms with Gasteiger partial charge in [0.05, 0.1) is 16.7 Å². The van der Waals surface area contributed by atoms with E-state index in [1.54, 1.807) is 0 Å². The maximum absolute atomic E-state index is 5.29. The molecule has 0 aliphatic carbocycles. The summed E-state index contributed by atoms with van der Waals surface area (Å²) in [6.45, 7) is 0. The molecule has 1 aliphatic rings. The summed E-state index contributed by atoms with van der Waals surface area (Å²) >= 11 is 1.85. The van der Waals surface area contributed by atoms with E-state index in [0.717, 1.165) is 39.3 Å². The minimum atomic E-state index is -0.292. The number of nitrogens with one attached hydrogen (secondary N) is 1. The van der Waals surface area contributed by atoms with Crippen molar-refractivity contribution in [2.24, 2.45) is 9.98 Å². The first-order valence-corrected chi connectivity index (χ1v) is 20.5. The number of aliphatic imine (C=N–C) groups is 2. The molecule has 1 aliphatic heterocycles. The SMILES string of the molecule is c1ccc(C2=NC(c3ccc(-n4c5cc6ccccc6cc5c5c6ccccc6ccc54)c(-c4ccc5sc6ccccc6c5c4)c3)=NC(c3ccccc3)N2)cc1. The van der Waals surface area contributed by atoms with E-state index in [4.69, 9.17) is 9.98 Å². The highest BCUT2D eigenvalue weighted by molar-refractivity contribution is 7.25. The van der Waals surface area contributed by atoms with Crippen molar-refractivity contribution >= 4 is 86.5 Å². The monoisotopic (exact) mass is 758 g/mol. The fourth-order valence-electron chi connectivity index (χ4n) is 8.85. The molecule has 0 bridgehead atoms. The third-order valence-corrected chi connectivity index (χ3v) is 12.8. The van der Waals surface area contributed by atoms with Gasteiger partial charge in [-0.25, -0.2) is 9.98 Å². The molecule has 0 radical (unpaired) electrons. The van der Waals surface area contributed by atoms with E-state index in [-0.39, 0.29) is 6.17 Å². The van der Waals surface area contributed by atoms with Crippen molar-refractivity contribution < 1.29 is 0 Å². The normalized spacial score (nSPS) is 14.4. The molecule has 0 amide bonds. The zero-order chi connectivity index (χ0) is 38.2. The summed E-state index contributed by atoms with van der Waals surface area (Å²) < 4.78 is 5.06. The lowest BCUT2D eigenvalue weighted by molar-refractivity contribution is 0.674. The quantitative estimate of drug-likeness (QED) is 0.187. The van der Waals surface area contributed by atoms with Gasteiger partial charge >= 0.3 is 0 Å². The minimum absolute atomic E-state index is 0.292. The maximum atomic E-state index is 5.29. The van der Waals surface area contributed by atoms with Gasteiger partial charge in [-0.15, -0.1) is 11.3 Å². The van der Waals surface area contributed by atoms with Crippen LogP contribution in [0.3, 0.4) is 0 Å². The van der Waals surface area contributed by atoms with Crippen LogP contribution in [0.4, 0.5) is 0 Å². The highest BCUT2D eigenvalue weighted by Crippen LogP contribution is 2.43. The fourth-order valence-corrected chi connectivity index (χ4v) is 9.94. The Morgan fingerprint density at radius 1 is 0.466 bits per heavy atom. The number of benzene rings is 9. The zero-order valence-corrected chi connectivity index (χ0v) is 32.1. The summed E-state index contributed by atoms with van der Waals surface area (Å²) in [5.41, 5.74) is 8.78. The molecule has 12 rings (SSSR count). The molecule has 0 saturated carbocycles. The molecule has 4 nitrogen and oxygen atoms in total. The second-order valence-electron chi connectivity index (χ2n) is 15.0. The summed E-state index contributed by atoms with van der Waals surface area (Å²) in [5, 5.41) is 13.6. The first-order chi connectivity index (χ1) is 28.7. The summed E-state index contributed by atoms with van der Waals surface area (Å²) in [6.07, 6.45) is -0.292. The Morgan fingerprint density at radius 3 is 2.00 bits per heavy atom. The summed E-state index contributed by atoms with van der Waals surface area (Å²) in [5.74, 6) is 1.50. The zero-order valence-electron chi connectivity index (χ0n) is 31.3. The Bertz CT molecular complexity index is 3480. The second kappa shape index (κ2) is 13.1. The van der Waals surface area contributed by atoms with Gasteiger partial charge in [-0.2, -0.15) is 0 Å². The first-order valence-electron chi connectivity index (χ1n) is 19.7. The van der Waals surface area contributed by atoms with E-state index in [1.165, 1.54) is 63.5 Å². The lowest BCUT2D eigenvalue weighted by Gasteiger charge is -2.24. The van der Waals surface area contributed by atoms with Crippen molar-refractivity contribution in [3.8, 4) is 16.8 Å². The van der Waals surface area contributed by atoms with E-state index in [2.05, 4.69) is 192 Å². The van der Waals surface area contributed by atoms with Crippen LogP contribution in [-0.2, 0) is 0 Å². The van der Waals surface area contributed by atoms with Crippen LogP contribution in [0.25, 0.3) is 80.3 Å². The largest absolute Gasteiger partial charge is 0.344 e. The van der Waals surface area contributed by atoms with Gasteiger partial charge in [0.2, 0.25) is 0 Å². The number of aromatic nitrogens is 1. The van der Waals surface area contributed by atoms with Crippen molar-refractivity contribution in [2.45, 2.75) is 6.17 Å². The van der Waals surface area contributed by atoms with Crippen LogP contribution >= 0.6 is 11.3 Å². The van der Waals surface area contributed by atoms with Gasteiger partial charge in [0.25, 0.3) is 0 Å². The number of thiophene rings is 1. The van der Waals surface area contributed by atoms with Crippen LogP contribution in [0.5, 0.6) is 0 Å². The molecule has 1 N–H and O–H groups in total. The number of hydrogen-bond donors (Lipinski definition) is 1. The molecular formula is C53H34N4S. The number of amidine groups is 2. The molecule has 1 unspecified atom stereocenters. The number of fused-ring (bicyclic) bond motifs is 9. The Kier molecular flexibility index (Phi) is 7.43. The van der Waals surface area contributed by atoms with Gasteiger partial charge in [0.15, 0.2) is 5.84 Å². The molecule has 1 atom stereocenters. The predicted octanol–water partition coefficient (Wildman–Crippen LogP) is 13.6. The lowest BCUT2D eigenvalue weighted by atomic mass is 9.98. The van der Waals surface area contributed by atoms with Crippen LogP contribution in [0.2, 0.25) is 0 Å². The Balaban J connectivity index is 1.15. The summed E-state index contributed by atoms with van der Waals surface area (Å²) in [6, 6.07) is 70.0. The molecule has 5 heteroatoms.